The number of methoxy groups -OCH3 is 1. The molecule has 0 saturated carbocycles. The van der Waals surface area contributed by atoms with Crippen LogP contribution in [0.2, 0.25) is 0 Å². The molecule has 0 fully saturated rings. The van der Waals surface area contributed by atoms with E-state index in [9.17, 15) is 8.42 Å². The zero-order valence-corrected chi connectivity index (χ0v) is 13.7. The summed E-state index contributed by atoms with van der Waals surface area (Å²) < 4.78 is 32.3. The van der Waals surface area contributed by atoms with Crippen LogP contribution in [0.25, 0.3) is 0 Å². The summed E-state index contributed by atoms with van der Waals surface area (Å²) in [5.74, 6) is 0. The van der Waals surface area contributed by atoms with Crippen LogP contribution in [0.4, 0.5) is 0 Å². The van der Waals surface area contributed by atoms with Crippen molar-refractivity contribution in [1.29, 1.82) is 0 Å². The number of rotatable bonds is 7. The second-order valence-corrected chi connectivity index (χ2v) is 7.97. The number of sulfonamides is 1. The van der Waals surface area contributed by atoms with Crippen LogP contribution in [0.15, 0.2) is 14.7 Å². The molecule has 0 amide bonds. The Balaban J connectivity index is 2.84. The first kappa shape index (κ1) is 16.1. The topological polar surface area (TPSA) is 67.4 Å². The van der Waals surface area contributed by atoms with E-state index in [-0.39, 0.29) is 17.5 Å². The lowest BCUT2D eigenvalue weighted by atomic mass is 10.4. The maximum Gasteiger partial charge on any atom is 0.242 e. The van der Waals surface area contributed by atoms with Gasteiger partial charge >= 0.3 is 0 Å². The third-order valence-electron chi connectivity index (χ3n) is 2.31. The molecule has 8 heteroatoms. The van der Waals surface area contributed by atoms with Gasteiger partial charge in [-0.1, -0.05) is 0 Å². The van der Waals surface area contributed by atoms with Crippen LogP contribution in [0.1, 0.15) is 11.8 Å². The van der Waals surface area contributed by atoms with Gasteiger partial charge < -0.3 is 10.1 Å². The van der Waals surface area contributed by atoms with Gasteiger partial charge in [0.2, 0.25) is 10.0 Å². The molecular weight excluding hydrogens is 340 g/mol. The predicted octanol–water partition coefficient (Wildman–Crippen LogP) is 1.54. The van der Waals surface area contributed by atoms with Gasteiger partial charge in [-0.3, -0.25) is 0 Å². The summed E-state index contributed by atoms with van der Waals surface area (Å²) in [5, 5.41) is 2.99. The second kappa shape index (κ2) is 6.97. The average Bonchev–Trinajstić information content (AvgIpc) is 2.68. The highest BCUT2D eigenvalue weighted by molar-refractivity contribution is 9.11. The Morgan fingerprint density at radius 2 is 2.22 bits per heavy atom. The minimum Gasteiger partial charge on any atom is -0.380 e. The predicted molar refractivity (Wildman–Crippen MR) is 76.4 cm³/mol. The number of hydrogen-bond donors (Lipinski definition) is 2. The monoisotopic (exact) mass is 356 g/mol. The standard InChI is InChI=1S/C10H17BrN2O3S2/c1-7(16-3)5-13-18(14,15)9-4-8(6-12-2)17-10(9)11/h4,7,12-13H,5-6H2,1-3H3. The SMILES string of the molecule is CNCc1cc(S(=O)(=O)NCC(C)OC)c(Br)s1. The van der Waals surface area contributed by atoms with Gasteiger partial charge in [-0.05, 0) is 36.0 Å². The molecule has 1 heterocycles. The molecule has 0 saturated heterocycles. The van der Waals surface area contributed by atoms with Gasteiger partial charge in [0.05, 0.1) is 9.89 Å². The van der Waals surface area contributed by atoms with Crippen molar-refractivity contribution in [2.75, 3.05) is 20.7 Å². The molecule has 0 aromatic carbocycles. The summed E-state index contributed by atoms with van der Waals surface area (Å²) in [7, 11) is -0.122. The highest BCUT2D eigenvalue weighted by Gasteiger charge is 2.21. The van der Waals surface area contributed by atoms with Gasteiger partial charge in [0.15, 0.2) is 0 Å². The van der Waals surface area contributed by atoms with E-state index >= 15 is 0 Å². The number of nitrogens with one attached hydrogen (secondary N) is 2. The molecule has 1 aromatic rings. The molecule has 0 radical (unpaired) electrons. The lowest BCUT2D eigenvalue weighted by molar-refractivity contribution is 0.122. The van der Waals surface area contributed by atoms with Gasteiger partial charge in [0.1, 0.15) is 4.90 Å². The van der Waals surface area contributed by atoms with Crippen LogP contribution in [0, 0.1) is 0 Å². The smallest absolute Gasteiger partial charge is 0.242 e. The van der Waals surface area contributed by atoms with E-state index in [1.54, 1.807) is 20.1 Å². The molecular formula is C10H17BrN2O3S2. The van der Waals surface area contributed by atoms with E-state index in [2.05, 4.69) is 26.0 Å². The van der Waals surface area contributed by atoms with Crippen molar-refractivity contribution in [3.05, 3.63) is 14.7 Å². The first-order chi connectivity index (χ1) is 8.40. The van der Waals surface area contributed by atoms with Crippen molar-refractivity contribution < 1.29 is 13.2 Å². The Bertz CT molecular complexity index is 487. The number of ether oxygens (including phenoxy) is 1. The van der Waals surface area contributed by atoms with Gasteiger partial charge in [0, 0.05) is 25.1 Å². The Morgan fingerprint density at radius 3 is 2.78 bits per heavy atom. The minimum absolute atomic E-state index is 0.158. The van der Waals surface area contributed by atoms with E-state index in [1.165, 1.54) is 11.3 Å². The van der Waals surface area contributed by atoms with Gasteiger partial charge in [-0.25, -0.2) is 13.1 Å². The quantitative estimate of drug-likeness (QED) is 0.777. The molecule has 0 spiro atoms. The maximum atomic E-state index is 12.1. The van der Waals surface area contributed by atoms with Crippen molar-refractivity contribution in [2.45, 2.75) is 24.5 Å². The molecule has 0 bridgehead atoms. The molecule has 5 nitrogen and oxygen atoms in total. The Kier molecular flexibility index (Phi) is 6.22. The average molecular weight is 357 g/mol. The van der Waals surface area contributed by atoms with Crippen molar-refractivity contribution in [1.82, 2.24) is 10.0 Å². The Hall–Kier alpha value is 0.01000. The van der Waals surface area contributed by atoms with Crippen molar-refractivity contribution in [3.8, 4) is 0 Å². The van der Waals surface area contributed by atoms with Gasteiger partial charge in [-0.15, -0.1) is 11.3 Å². The maximum absolute atomic E-state index is 12.1. The van der Waals surface area contributed by atoms with Crippen LogP contribution in [0.3, 0.4) is 0 Å². The van der Waals surface area contributed by atoms with E-state index in [1.807, 2.05) is 7.05 Å². The lowest BCUT2D eigenvalue weighted by Gasteiger charge is -2.10. The zero-order chi connectivity index (χ0) is 13.8. The van der Waals surface area contributed by atoms with Crippen LogP contribution >= 0.6 is 27.3 Å². The van der Waals surface area contributed by atoms with Gasteiger partial charge in [-0.2, -0.15) is 0 Å². The third kappa shape index (κ3) is 4.29. The van der Waals surface area contributed by atoms with E-state index in [0.717, 1.165) is 4.88 Å². The zero-order valence-electron chi connectivity index (χ0n) is 10.5. The fourth-order valence-corrected chi connectivity index (χ4v) is 5.04. The highest BCUT2D eigenvalue weighted by Crippen LogP contribution is 2.31. The molecule has 0 aliphatic rings. The molecule has 104 valence electrons. The molecule has 1 aromatic heterocycles. The van der Waals surface area contributed by atoms with Crippen LogP contribution in [0.5, 0.6) is 0 Å². The number of hydrogen-bond acceptors (Lipinski definition) is 5. The largest absolute Gasteiger partial charge is 0.380 e. The van der Waals surface area contributed by atoms with E-state index in [0.29, 0.717) is 10.3 Å². The normalized spacial score (nSPS) is 13.8. The van der Waals surface area contributed by atoms with E-state index in [4.69, 9.17) is 4.74 Å². The first-order valence-electron chi connectivity index (χ1n) is 5.36. The molecule has 2 N–H and O–H groups in total. The number of halogens is 1. The Morgan fingerprint density at radius 1 is 1.56 bits per heavy atom. The van der Waals surface area contributed by atoms with Crippen molar-refractivity contribution >= 4 is 37.3 Å². The fourth-order valence-electron chi connectivity index (χ4n) is 1.23. The van der Waals surface area contributed by atoms with Gasteiger partial charge in [0.25, 0.3) is 0 Å². The molecule has 1 atom stereocenters. The summed E-state index contributed by atoms with van der Waals surface area (Å²) in [4.78, 5) is 1.24. The summed E-state index contributed by atoms with van der Waals surface area (Å²) >= 11 is 4.70. The number of thiophene rings is 1. The third-order valence-corrected chi connectivity index (χ3v) is 5.99. The first-order valence-corrected chi connectivity index (χ1v) is 8.45. The summed E-state index contributed by atoms with van der Waals surface area (Å²) in [5.41, 5.74) is 0. The molecule has 18 heavy (non-hydrogen) atoms. The van der Waals surface area contributed by atoms with Crippen LogP contribution < -0.4 is 10.0 Å². The fraction of sp³-hybridized carbons (Fsp3) is 0.600. The summed E-state index contributed by atoms with van der Waals surface area (Å²) in [6, 6.07) is 1.67. The van der Waals surface area contributed by atoms with Crippen LogP contribution in [-0.2, 0) is 21.3 Å². The minimum atomic E-state index is -3.49. The van der Waals surface area contributed by atoms with E-state index < -0.39 is 10.0 Å². The molecule has 0 aliphatic carbocycles. The highest BCUT2D eigenvalue weighted by atomic mass is 79.9. The Labute approximate surface area is 120 Å². The molecule has 1 rings (SSSR count). The lowest BCUT2D eigenvalue weighted by Crippen LogP contribution is -2.31. The second-order valence-electron chi connectivity index (χ2n) is 3.78. The van der Waals surface area contributed by atoms with Crippen molar-refractivity contribution in [2.24, 2.45) is 0 Å². The summed E-state index contributed by atoms with van der Waals surface area (Å²) in [6.07, 6.45) is -0.158. The van der Waals surface area contributed by atoms with Crippen LogP contribution in [-0.4, -0.2) is 35.2 Å². The van der Waals surface area contributed by atoms with Crippen molar-refractivity contribution in [3.63, 3.8) is 0 Å². The molecule has 0 aliphatic heterocycles. The summed E-state index contributed by atoms with van der Waals surface area (Å²) in [6.45, 7) is 2.70. The molecule has 1 unspecified atom stereocenters.